The highest BCUT2D eigenvalue weighted by Gasteiger charge is 2.55. The number of oxime groups is 1. The van der Waals surface area contributed by atoms with E-state index in [-0.39, 0.29) is 23.8 Å². The van der Waals surface area contributed by atoms with Crippen LogP contribution in [0.3, 0.4) is 0 Å². The number of fused-ring (bicyclic) bond motifs is 3. The Kier molecular flexibility index (Phi) is 8.58. The molecule has 1 fully saturated rings. The Morgan fingerprint density at radius 2 is 1.71 bits per heavy atom. The van der Waals surface area contributed by atoms with E-state index >= 15 is 0 Å². The van der Waals surface area contributed by atoms with Gasteiger partial charge in [-0.15, -0.1) is 19.4 Å². The van der Waals surface area contributed by atoms with Gasteiger partial charge in [-0.2, -0.15) is 21.9 Å². The standard InChI is InChI=1S/C21H39N7O10S2Si/c1-13(22-37-41(9,10)21(5,6)7)17-16-14(11-26-12-15(16)27(19(26)30)38-40(33,34)35)25(8)28(17)24-39(31,32)23-18(29)36-20(2,3)4/h15,17,24H,11-12H2,1-10H3,(H,23,29)(H,33,34,35)/b22-13+. The first-order valence-corrected chi connectivity index (χ1v) is 18.4. The number of ether oxygens (including phenoxy) is 1. The summed E-state index contributed by atoms with van der Waals surface area (Å²) in [5, 5.41) is 7.24. The van der Waals surface area contributed by atoms with Crippen molar-refractivity contribution in [3.63, 3.8) is 0 Å². The Morgan fingerprint density at radius 1 is 1.12 bits per heavy atom. The quantitative estimate of drug-likeness (QED) is 0.149. The number of carbonyl (C=O) groups is 2. The Balaban J connectivity index is 2.04. The molecule has 2 bridgehead atoms. The van der Waals surface area contributed by atoms with E-state index in [0.29, 0.717) is 16.3 Å². The van der Waals surface area contributed by atoms with Crippen molar-refractivity contribution in [3.8, 4) is 0 Å². The number of carbonyl (C=O) groups excluding carboxylic acids is 2. The van der Waals surface area contributed by atoms with Crippen LogP contribution in [0.1, 0.15) is 48.5 Å². The fourth-order valence-corrected chi connectivity index (χ4v) is 5.95. The fourth-order valence-electron chi connectivity index (χ4n) is 4.15. The molecule has 20 heteroatoms. The minimum Gasteiger partial charge on any atom is -0.455 e. The molecule has 0 aromatic carbocycles. The number of nitrogens with one attached hydrogen (secondary N) is 2. The Bertz CT molecular complexity index is 1370. The van der Waals surface area contributed by atoms with E-state index in [0.717, 1.165) is 5.12 Å². The van der Waals surface area contributed by atoms with Crippen molar-refractivity contribution in [1.29, 1.82) is 0 Å². The van der Waals surface area contributed by atoms with Crippen LogP contribution >= 0.6 is 0 Å². The number of amides is 3. The Labute approximate surface area is 241 Å². The highest BCUT2D eigenvalue weighted by Crippen LogP contribution is 2.41. The molecule has 2 atom stereocenters. The smallest absolute Gasteiger partial charge is 0.422 e. The molecule has 0 radical (unpaired) electrons. The zero-order valence-corrected chi connectivity index (χ0v) is 27.4. The number of likely N-dealkylation sites (N-methyl/N-ethyl adjacent to an activating group) is 1. The third-order valence-electron chi connectivity index (χ3n) is 7.05. The van der Waals surface area contributed by atoms with E-state index in [1.165, 1.54) is 17.0 Å². The molecule has 2 unspecified atom stereocenters. The number of hydroxylamine groups is 2. The van der Waals surface area contributed by atoms with Gasteiger partial charge in [0.05, 0.1) is 24.5 Å². The molecule has 17 nitrogen and oxygen atoms in total. The lowest BCUT2D eigenvalue weighted by molar-refractivity contribution is -0.0262. The zero-order valence-electron chi connectivity index (χ0n) is 24.7. The molecule has 0 aromatic rings. The van der Waals surface area contributed by atoms with Gasteiger partial charge in [0.2, 0.25) is 0 Å². The van der Waals surface area contributed by atoms with Crippen LogP contribution in [0, 0.1) is 0 Å². The molecule has 1 saturated heterocycles. The fraction of sp³-hybridized carbons (Fsp3) is 0.762. The minimum atomic E-state index is -5.07. The molecule has 234 valence electrons. The number of urea groups is 1. The minimum absolute atomic E-state index is 0.00928. The van der Waals surface area contributed by atoms with E-state index in [1.807, 2.05) is 33.9 Å². The lowest BCUT2D eigenvalue weighted by atomic mass is 9.93. The van der Waals surface area contributed by atoms with E-state index in [4.69, 9.17) is 9.26 Å². The molecular formula is C21H39N7O10S2Si. The Hall–Kier alpha value is -2.49. The summed E-state index contributed by atoms with van der Waals surface area (Å²) >= 11 is 0. The zero-order chi connectivity index (χ0) is 31.5. The van der Waals surface area contributed by atoms with Crippen molar-refractivity contribution in [3.05, 3.63) is 11.3 Å². The summed E-state index contributed by atoms with van der Waals surface area (Å²) in [6.45, 7) is 16.2. The van der Waals surface area contributed by atoms with E-state index in [2.05, 4.69) is 14.3 Å². The number of nitrogens with zero attached hydrogens (tertiary/aromatic N) is 5. The predicted octanol–water partition coefficient (Wildman–Crippen LogP) is 1.30. The molecule has 41 heavy (non-hydrogen) atoms. The van der Waals surface area contributed by atoms with Crippen LogP contribution in [0.25, 0.3) is 0 Å². The van der Waals surface area contributed by atoms with Crippen molar-refractivity contribution in [2.24, 2.45) is 5.16 Å². The highest BCUT2D eigenvalue weighted by atomic mass is 32.3. The average molecular weight is 642 g/mol. The van der Waals surface area contributed by atoms with Crippen LogP contribution in [-0.2, 0) is 34.2 Å². The molecule has 3 N–H and O–H groups in total. The van der Waals surface area contributed by atoms with Crippen LogP contribution in [0.2, 0.25) is 18.1 Å². The summed E-state index contributed by atoms with van der Waals surface area (Å²) in [5.74, 6) is 0. The first kappa shape index (κ1) is 33.0. The lowest BCUT2D eigenvalue weighted by Gasteiger charge is -2.35. The monoisotopic (exact) mass is 641 g/mol. The van der Waals surface area contributed by atoms with Crippen LogP contribution in [-0.4, -0.2) is 105 Å². The normalized spacial score (nSPS) is 22.9. The summed E-state index contributed by atoms with van der Waals surface area (Å²) in [4.78, 5) is 28.7. The van der Waals surface area contributed by atoms with Gasteiger partial charge in [0.15, 0.2) is 0 Å². The maximum Gasteiger partial charge on any atom is 0.422 e. The summed E-state index contributed by atoms with van der Waals surface area (Å²) in [7, 11) is -10.6. The lowest BCUT2D eigenvalue weighted by Crippen LogP contribution is -2.58. The first-order valence-electron chi connectivity index (χ1n) is 12.6. The maximum atomic E-state index is 13.0. The number of hydrogen-bond acceptors (Lipinski definition) is 12. The molecule has 0 saturated carbocycles. The topological polar surface area (TPSA) is 200 Å². The van der Waals surface area contributed by atoms with Crippen LogP contribution in [0.4, 0.5) is 9.59 Å². The van der Waals surface area contributed by atoms with Crippen molar-refractivity contribution in [2.45, 2.75) is 84.3 Å². The molecule has 0 spiro atoms. The molecule has 3 amide bonds. The van der Waals surface area contributed by atoms with Gasteiger partial charge in [-0.05, 0) is 45.8 Å². The van der Waals surface area contributed by atoms with Crippen LogP contribution in [0.15, 0.2) is 16.4 Å². The number of rotatable bonds is 8. The van der Waals surface area contributed by atoms with E-state index < -0.39 is 58.7 Å². The van der Waals surface area contributed by atoms with E-state index in [1.54, 1.807) is 32.4 Å². The molecular weight excluding hydrogens is 602 g/mol. The van der Waals surface area contributed by atoms with E-state index in [9.17, 15) is 31.0 Å². The van der Waals surface area contributed by atoms with Gasteiger partial charge in [0, 0.05) is 12.6 Å². The van der Waals surface area contributed by atoms with Gasteiger partial charge >= 0.3 is 32.7 Å². The third-order valence-corrected chi connectivity index (χ3v) is 12.4. The molecule has 0 aromatic heterocycles. The summed E-state index contributed by atoms with van der Waals surface area (Å²) in [6, 6.07) is -2.91. The van der Waals surface area contributed by atoms with Crippen molar-refractivity contribution in [1.82, 2.24) is 29.6 Å². The maximum absolute atomic E-state index is 13.0. The second kappa shape index (κ2) is 10.7. The summed E-state index contributed by atoms with van der Waals surface area (Å²) < 4.78 is 76.0. The Morgan fingerprint density at radius 3 is 2.22 bits per heavy atom. The molecule has 3 heterocycles. The molecule has 0 aliphatic carbocycles. The van der Waals surface area contributed by atoms with Crippen molar-refractivity contribution < 1.29 is 44.5 Å². The van der Waals surface area contributed by atoms with Crippen molar-refractivity contribution in [2.75, 3.05) is 20.1 Å². The summed E-state index contributed by atoms with van der Waals surface area (Å²) in [6.07, 6.45) is -1.21. The van der Waals surface area contributed by atoms with Gasteiger partial charge in [-0.1, -0.05) is 20.8 Å². The van der Waals surface area contributed by atoms with Gasteiger partial charge in [-0.3, -0.25) is 9.56 Å². The van der Waals surface area contributed by atoms with Crippen LogP contribution < -0.4 is 9.55 Å². The largest absolute Gasteiger partial charge is 0.455 e. The van der Waals surface area contributed by atoms with Gasteiger partial charge in [-0.25, -0.2) is 14.3 Å². The number of hydrogen-bond donors (Lipinski definition) is 3. The van der Waals surface area contributed by atoms with Crippen molar-refractivity contribution >= 4 is 46.8 Å². The summed E-state index contributed by atoms with van der Waals surface area (Å²) in [5.41, 5.74) is 0.0984. The van der Waals surface area contributed by atoms with Crippen LogP contribution in [0.5, 0.6) is 0 Å². The molecule has 3 aliphatic heterocycles. The second-order valence-corrected chi connectivity index (χ2v) is 19.6. The van der Waals surface area contributed by atoms with Gasteiger partial charge < -0.3 is 14.2 Å². The molecule has 3 rings (SSSR count). The first-order chi connectivity index (χ1) is 18.3. The average Bonchev–Trinajstić information content (AvgIpc) is 3.15. The second-order valence-electron chi connectivity index (χ2n) is 12.5. The number of hydrazine groups is 2. The third kappa shape index (κ3) is 7.30. The van der Waals surface area contributed by atoms with Gasteiger partial charge in [0.1, 0.15) is 17.7 Å². The highest BCUT2D eigenvalue weighted by molar-refractivity contribution is 7.88. The predicted molar refractivity (Wildman–Crippen MR) is 148 cm³/mol. The molecule has 3 aliphatic rings. The SMILES string of the molecule is C/C(=N\O[Si](C)(C)C(C)(C)C)C1C2=C(CN3CC2N(OS(=O)(=O)O)C3=O)N(C)N1NS(=O)(=O)NC(=O)OC(C)(C)C. The van der Waals surface area contributed by atoms with Gasteiger partial charge in [0.25, 0.3) is 8.32 Å².